The fourth-order valence-electron chi connectivity index (χ4n) is 1.14. The molecule has 1 amide bonds. The van der Waals surface area contributed by atoms with Crippen molar-refractivity contribution in [2.24, 2.45) is 0 Å². The normalized spacial score (nSPS) is 12.5. The third-order valence-electron chi connectivity index (χ3n) is 2.42. The molecular weight excluding hydrogens is 278 g/mol. The first-order valence-electron chi connectivity index (χ1n) is 5.23. The summed E-state index contributed by atoms with van der Waals surface area (Å²) in [7, 11) is 1.71. The first-order chi connectivity index (χ1) is 8.04. The van der Waals surface area contributed by atoms with E-state index in [9.17, 15) is 4.79 Å². The molecule has 1 N–H and O–H groups in total. The van der Waals surface area contributed by atoms with Crippen molar-refractivity contribution in [3.05, 3.63) is 21.3 Å². The molecule has 3 nitrogen and oxygen atoms in total. The Balaban J connectivity index is 2.29. The summed E-state index contributed by atoms with van der Waals surface area (Å²) in [5.41, 5.74) is 0. The topological polar surface area (TPSA) is 40.5 Å². The fourth-order valence-corrected chi connectivity index (χ4v) is 3.28. The Labute approximate surface area is 115 Å². The van der Waals surface area contributed by atoms with Crippen molar-refractivity contribution in [3.63, 3.8) is 0 Å². The van der Waals surface area contributed by atoms with Gasteiger partial charge in [-0.15, -0.1) is 23.1 Å². The number of aliphatic hydroxyl groups excluding tert-OH is 1. The number of likely N-dealkylation sites (N-methyl/N-ethyl adjacent to an activating group) is 1. The minimum atomic E-state index is -0.126. The van der Waals surface area contributed by atoms with Gasteiger partial charge in [0.2, 0.25) is 5.91 Å². The van der Waals surface area contributed by atoms with E-state index in [-0.39, 0.29) is 18.6 Å². The predicted octanol–water partition coefficient (Wildman–Crippen LogP) is 2.47. The van der Waals surface area contributed by atoms with E-state index in [1.165, 1.54) is 16.2 Å². The van der Waals surface area contributed by atoms with Gasteiger partial charge in [-0.1, -0.05) is 11.6 Å². The van der Waals surface area contributed by atoms with Crippen molar-refractivity contribution in [2.75, 3.05) is 19.4 Å². The van der Waals surface area contributed by atoms with E-state index in [4.69, 9.17) is 16.7 Å². The van der Waals surface area contributed by atoms with E-state index < -0.39 is 0 Å². The van der Waals surface area contributed by atoms with E-state index in [1.54, 1.807) is 23.7 Å². The smallest absolute Gasteiger partial charge is 0.232 e. The van der Waals surface area contributed by atoms with Crippen molar-refractivity contribution >= 4 is 40.6 Å². The van der Waals surface area contributed by atoms with Crippen molar-refractivity contribution < 1.29 is 9.90 Å². The number of aliphatic hydroxyl groups is 1. The van der Waals surface area contributed by atoms with Crippen LogP contribution in [0, 0.1) is 0 Å². The summed E-state index contributed by atoms with van der Waals surface area (Å²) in [4.78, 5) is 14.5. The number of carbonyl (C=O) groups excluding carboxylic acids is 1. The molecule has 0 aliphatic heterocycles. The lowest BCUT2D eigenvalue weighted by atomic mass is 10.3. The second-order valence-corrected chi connectivity index (χ2v) is 6.52. The number of hydrogen-bond donors (Lipinski definition) is 1. The molecule has 1 unspecified atom stereocenters. The van der Waals surface area contributed by atoms with Crippen molar-refractivity contribution in [1.82, 2.24) is 4.90 Å². The standard InChI is InChI=1S/C11H16ClNO2S2/c1-8(5-14)13(2)11(15)7-16-6-9-3-4-10(12)17-9/h3-4,8,14H,5-7H2,1-2H3. The van der Waals surface area contributed by atoms with Crippen LogP contribution in [-0.4, -0.2) is 41.4 Å². The average molecular weight is 294 g/mol. The summed E-state index contributed by atoms with van der Waals surface area (Å²) in [5, 5.41) is 8.95. The molecule has 0 spiro atoms. The van der Waals surface area contributed by atoms with Crippen molar-refractivity contribution in [3.8, 4) is 0 Å². The lowest BCUT2D eigenvalue weighted by molar-refractivity contribution is -0.129. The monoisotopic (exact) mass is 293 g/mol. The van der Waals surface area contributed by atoms with Crippen LogP contribution in [-0.2, 0) is 10.5 Å². The maximum absolute atomic E-state index is 11.7. The molecular formula is C11H16ClNO2S2. The molecule has 17 heavy (non-hydrogen) atoms. The molecule has 1 atom stereocenters. The van der Waals surface area contributed by atoms with Crippen LogP contribution in [0.25, 0.3) is 0 Å². The summed E-state index contributed by atoms with van der Waals surface area (Å²) in [6, 6.07) is 3.72. The number of halogens is 1. The van der Waals surface area contributed by atoms with Gasteiger partial charge in [0.05, 0.1) is 22.7 Å². The van der Waals surface area contributed by atoms with Gasteiger partial charge < -0.3 is 10.0 Å². The second kappa shape index (κ2) is 7.26. The molecule has 1 heterocycles. The van der Waals surface area contributed by atoms with Crippen LogP contribution in [0.5, 0.6) is 0 Å². The Morgan fingerprint density at radius 3 is 2.88 bits per heavy atom. The van der Waals surface area contributed by atoms with Gasteiger partial charge in [-0.25, -0.2) is 0 Å². The minimum Gasteiger partial charge on any atom is -0.394 e. The summed E-state index contributed by atoms with van der Waals surface area (Å²) >= 11 is 8.92. The highest BCUT2D eigenvalue weighted by atomic mass is 35.5. The van der Waals surface area contributed by atoms with Gasteiger partial charge in [0, 0.05) is 17.7 Å². The van der Waals surface area contributed by atoms with E-state index in [0.717, 1.165) is 10.1 Å². The van der Waals surface area contributed by atoms with Crippen LogP contribution in [0.15, 0.2) is 12.1 Å². The van der Waals surface area contributed by atoms with Gasteiger partial charge in [-0.3, -0.25) is 4.79 Å². The lowest BCUT2D eigenvalue weighted by Gasteiger charge is -2.22. The largest absolute Gasteiger partial charge is 0.394 e. The SMILES string of the molecule is CC(CO)N(C)C(=O)CSCc1ccc(Cl)s1. The molecule has 0 saturated heterocycles. The third kappa shape index (κ3) is 4.87. The number of hydrogen-bond acceptors (Lipinski definition) is 4. The average Bonchev–Trinajstić information content (AvgIpc) is 2.72. The first kappa shape index (κ1) is 14.8. The summed E-state index contributed by atoms with van der Waals surface area (Å²) in [5.74, 6) is 1.26. The number of nitrogens with zero attached hydrogens (tertiary/aromatic N) is 1. The maximum Gasteiger partial charge on any atom is 0.232 e. The van der Waals surface area contributed by atoms with E-state index >= 15 is 0 Å². The number of thiophene rings is 1. The van der Waals surface area contributed by atoms with E-state index in [1.807, 2.05) is 19.1 Å². The zero-order valence-electron chi connectivity index (χ0n) is 9.85. The first-order valence-corrected chi connectivity index (χ1v) is 7.58. The summed E-state index contributed by atoms with van der Waals surface area (Å²) in [6.45, 7) is 1.81. The summed E-state index contributed by atoms with van der Waals surface area (Å²) < 4.78 is 0.776. The number of carbonyl (C=O) groups is 1. The van der Waals surface area contributed by atoms with E-state index in [2.05, 4.69) is 0 Å². The van der Waals surface area contributed by atoms with Crippen LogP contribution in [0.4, 0.5) is 0 Å². The molecule has 0 radical (unpaired) electrons. The quantitative estimate of drug-likeness (QED) is 0.876. The maximum atomic E-state index is 11.7. The molecule has 1 aromatic heterocycles. The molecule has 1 aromatic rings. The molecule has 6 heteroatoms. The van der Waals surface area contributed by atoms with E-state index in [0.29, 0.717) is 5.75 Å². The second-order valence-electron chi connectivity index (χ2n) is 3.73. The molecule has 0 aliphatic carbocycles. The molecule has 96 valence electrons. The van der Waals surface area contributed by atoms with Crippen molar-refractivity contribution in [1.29, 1.82) is 0 Å². The molecule has 0 saturated carbocycles. The number of thioether (sulfide) groups is 1. The molecule has 0 bridgehead atoms. The van der Waals surface area contributed by atoms with Gasteiger partial charge in [-0.05, 0) is 19.1 Å². The van der Waals surface area contributed by atoms with Gasteiger partial charge in [-0.2, -0.15) is 0 Å². The van der Waals surface area contributed by atoms with Crippen LogP contribution in [0.3, 0.4) is 0 Å². The number of amides is 1. The minimum absolute atomic E-state index is 0.00651. The van der Waals surface area contributed by atoms with Crippen LogP contribution >= 0.6 is 34.7 Å². The zero-order chi connectivity index (χ0) is 12.8. The Kier molecular flexibility index (Phi) is 6.33. The Morgan fingerprint density at radius 2 is 2.35 bits per heavy atom. The summed E-state index contributed by atoms with van der Waals surface area (Å²) in [6.07, 6.45) is 0. The highest BCUT2D eigenvalue weighted by molar-refractivity contribution is 7.99. The molecule has 0 aliphatic rings. The predicted molar refractivity (Wildman–Crippen MR) is 74.8 cm³/mol. The van der Waals surface area contributed by atoms with Gasteiger partial charge in [0.1, 0.15) is 0 Å². The molecule has 0 fully saturated rings. The van der Waals surface area contributed by atoms with Crippen LogP contribution in [0.1, 0.15) is 11.8 Å². The Hall–Kier alpha value is -0.230. The fraction of sp³-hybridized carbons (Fsp3) is 0.545. The Bertz CT molecular complexity index is 370. The van der Waals surface area contributed by atoms with Gasteiger partial charge in [0.15, 0.2) is 0 Å². The molecule has 1 rings (SSSR count). The highest BCUT2D eigenvalue weighted by Gasteiger charge is 2.14. The lowest BCUT2D eigenvalue weighted by Crippen LogP contribution is -2.38. The van der Waals surface area contributed by atoms with Gasteiger partial charge >= 0.3 is 0 Å². The zero-order valence-corrected chi connectivity index (χ0v) is 12.2. The van der Waals surface area contributed by atoms with Crippen molar-refractivity contribution in [2.45, 2.75) is 18.7 Å². The third-order valence-corrected chi connectivity index (χ3v) is 4.80. The van der Waals surface area contributed by atoms with Gasteiger partial charge in [0.25, 0.3) is 0 Å². The molecule has 0 aromatic carbocycles. The van der Waals surface area contributed by atoms with Crippen LogP contribution < -0.4 is 0 Å². The number of rotatable bonds is 6. The highest BCUT2D eigenvalue weighted by Crippen LogP contribution is 2.25. The van der Waals surface area contributed by atoms with Crippen LogP contribution in [0.2, 0.25) is 4.34 Å². The Morgan fingerprint density at radius 1 is 1.65 bits per heavy atom.